The topological polar surface area (TPSA) is 33.1 Å². The monoisotopic (exact) mass is 183 g/mol. The number of aromatic nitrogens is 1. The van der Waals surface area contributed by atoms with Crippen LogP contribution >= 0.6 is 0 Å². The van der Waals surface area contributed by atoms with Crippen molar-refractivity contribution in [3.05, 3.63) is 29.8 Å². The minimum absolute atomic E-state index is 0.0376. The molecule has 0 aliphatic carbocycles. The first-order valence-electron chi connectivity index (χ1n) is 4.28. The molecule has 1 unspecified atom stereocenters. The van der Waals surface area contributed by atoms with Crippen LogP contribution in [0.25, 0.3) is 0 Å². The SMILES string of the molecule is CC(C)C(C)(O)c1ccncc1F. The molecule has 0 fully saturated rings. The largest absolute Gasteiger partial charge is 0.385 e. The Morgan fingerprint density at radius 1 is 1.54 bits per heavy atom. The molecule has 1 atom stereocenters. The Morgan fingerprint density at radius 2 is 2.15 bits per heavy atom. The van der Waals surface area contributed by atoms with Crippen molar-refractivity contribution >= 4 is 0 Å². The van der Waals surface area contributed by atoms with Gasteiger partial charge in [-0.2, -0.15) is 0 Å². The molecule has 0 aliphatic rings. The van der Waals surface area contributed by atoms with E-state index < -0.39 is 11.4 Å². The zero-order valence-corrected chi connectivity index (χ0v) is 8.08. The van der Waals surface area contributed by atoms with Gasteiger partial charge in [0.1, 0.15) is 5.82 Å². The van der Waals surface area contributed by atoms with E-state index >= 15 is 0 Å². The Bertz CT molecular complexity index is 297. The standard InChI is InChI=1S/C10H14FNO/c1-7(2)10(3,13)8-4-5-12-6-9(8)11/h4-7,13H,1-3H3. The third kappa shape index (κ3) is 1.86. The van der Waals surface area contributed by atoms with Gasteiger partial charge in [-0.3, -0.25) is 4.98 Å². The number of halogens is 1. The molecular formula is C10H14FNO. The van der Waals surface area contributed by atoms with Crippen LogP contribution in [-0.2, 0) is 5.60 Å². The molecular weight excluding hydrogens is 169 g/mol. The van der Waals surface area contributed by atoms with E-state index in [-0.39, 0.29) is 5.92 Å². The lowest BCUT2D eigenvalue weighted by Gasteiger charge is -2.28. The molecule has 0 bridgehead atoms. The fourth-order valence-electron chi connectivity index (χ4n) is 1.10. The smallest absolute Gasteiger partial charge is 0.147 e. The summed E-state index contributed by atoms with van der Waals surface area (Å²) in [6.07, 6.45) is 2.60. The van der Waals surface area contributed by atoms with Crippen molar-refractivity contribution in [3.63, 3.8) is 0 Å². The molecule has 72 valence electrons. The lowest BCUT2D eigenvalue weighted by Crippen LogP contribution is -2.29. The van der Waals surface area contributed by atoms with Gasteiger partial charge in [-0.1, -0.05) is 13.8 Å². The third-order valence-corrected chi connectivity index (χ3v) is 2.44. The van der Waals surface area contributed by atoms with Gasteiger partial charge in [-0.15, -0.1) is 0 Å². The highest BCUT2D eigenvalue weighted by Crippen LogP contribution is 2.29. The predicted molar refractivity (Wildman–Crippen MR) is 48.6 cm³/mol. The quantitative estimate of drug-likeness (QED) is 0.761. The first kappa shape index (κ1) is 10.1. The van der Waals surface area contributed by atoms with Crippen molar-refractivity contribution in [1.82, 2.24) is 4.98 Å². The molecule has 1 heterocycles. The number of hydrogen-bond donors (Lipinski definition) is 1. The van der Waals surface area contributed by atoms with E-state index in [1.165, 1.54) is 12.3 Å². The van der Waals surface area contributed by atoms with Crippen molar-refractivity contribution in [2.75, 3.05) is 0 Å². The Kier molecular flexibility index (Phi) is 2.66. The van der Waals surface area contributed by atoms with Gasteiger partial charge in [-0.25, -0.2) is 4.39 Å². The Labute approximate surface area is 77.4 Å². The molecule has 13 heavy (non-hydrogen) atoms. The maximum absolute atomic E-state index is 13.2. The van der Waals surface area contributed by atoms with E-state index in [1.807, 2.05) is 13.8 Å². The van der Waals surface area contributed by atoms with Gasteiger partial charge in [0.05, 0.1) is 11.8 Å². The predicted octanol–water partition coefficient (Wildman–Crippen LogP) is 2.08. The molecule has 0 aliphatic heterocycles. The summed E-state index contributed by atoms with van der Waals surface area (Å²) >= 11 is 0. The van der Waals surface area contributed by atoms with Gasteiger partial charge in [0.15, 0.2) is 0 Å². The van der Waals surface area contributed by atoms with Crippen LogP contribution in [0.3, 0.4) is 0 Å². The highest BCUT2D eigenvalue weighted by Gasteiger charge is 2.29. The van der Waals surface area contributed by atoms with E-state index in [0.29, 0.717) is 5.56 Å². The van der Waals surface area contributed by atoms with Crippen LogP contribution in [0, 0.1) is 11.7 Å². The molecule has 2 nitrogen and oxygen atoms in total. The Hall–Kier alpha value is -0.960. The summed E-state index contributed by atoms with van der Waals surface area (Å²) in [7, 11) is 0. The first-order valence-corrected chi connectivity index (χ1v) is 4.28. The molecule has 1 aromatic rings. The van der Waals surface area contributed by atoms with E-state index in [4.69, 9.17) is 0 Å². The molecule has 0 aromatic carbocycles. The summed E-state index contributed by atoms with van der Waals surface area (Å²) in [4.78, 5) is 3.63. The molecule has 0 amide bonds. The molecule has 0 spiro atoms. The van der Waals surface area contributed by atoms with E-state index in [2.05, 4.69) is 4.98 Å². The van der Waals surface area contributed by atoms with Gasteiger partial charge < -0.3 is 5.11 Å². The molecule has 1 aromatic heterocycles. The second kappa shape index (κ2) is 3.42. The highest BCUT2D eigenvalue weighted by molar-refractivity contribution is 5.20. The lowest BCUT2D eigenvalue weighted by molar-refractivity contribution is 0.00564. The van der Waals surface area contributed by atoms with Crippen LogP contribution in [0.2, 0.25) is 0 Å². The highest BCUT2D eigenvalue weighted by atomic mass is 19.1. The maximum atomic E-state index is 13.2. The van der Waals surface area contributed by atoms with Crippen LogP contribution in [0.4, 0.5) is 4.39 Å². The van der Waals surface area contributed by atoms with Crippen molar-refractivity contribution in [2.24, 2.45) is 5.92 Å². The van der Waals surface area contributed by atoms with Crippen LogP contribution < -0.4 is 0 Å². The van der Waals surface area contributed by atoms with Gasteiger partial charge in [0.2, 0.25) is 0 Å². The average Bonchev–Trinajstić information content (AvgIpc) is 2.04. The fourth-order valence-corrected chi connectivity index (χ4v) is 1.10. The Morgan fingerprint density at radius 3 is 2.62 bits per heavy atom. The fraction of sp³-hybridized carbons (Fsp3) is 0.500. The van der Waals surface area contributed by atoms with Crippen molar-refractivity contribution in [3.8, 4) is 0 Å². The molecule has 0 radical (unpaired) electrons. The van der Waals surface area contributed by atoms with E-state index in [0.717, 1.165) is 6.20 Å². The maximum Gasteiger partial charge on any atom is 0.147 e. The number of rotatable bonds is 2. The van der Waals surface area contributed by atoms with Crippen LogP contribution in [0.1, 0.15) is 26.3 Å². The normalized spacial score (nSPS) is 15.8. The van der Waals surface area contributed by atoms with Gasteiger partial charge in [0.25, 0.3) is 0 Å². The number of nitrogens with zero attached hydrogens (tertiary/aromatic N) is 1. The summed E-state index contributed by atoms with van der Waals surface area (Å²) < 4.78 is 13.2. The Balaban J connectivity index is 3.14. The molecule has 1 rings (SSSR count). The molecule has 0 saturated heterocycles. The zero-order chi connectivity index (χ0) is 10.1. The molecule has 1 N–H and O–H groups in total. The van der Waals surface area contributed by atoms with E-state index in [1.54, 1.807) is 6.92 Å². The summed E-state index contributed by atoms with van der Waals surface area (Å²) in [5.74, 6) is -0.495. The number of pyridine rings is 1. The minimum atomic E-state index is -1.13. The van der Waals surface area contributed by atoms with Gasteiger partial charge in [-0.05, 0) is 18.9 Å². The molecule has 0 saturated carbocycles. The minimum Gasteiger partial charge on any atom is -0.385 e. The molecule has 3 heteroatoms. The number of hydrogen-bond acceptors (Lipinski definition) is 2. The lowest BCUT2D eigenvalue weighted by atomic mass is 9.85. The second-order valence-electron chi connectivity index (χ2n) is 3.66. The van der Waals surface area contributed by atoms with E-state index in [9.17, 15) is 9.50 Å². The summed E-state index contributed by atoms with van der Waals surface area (Å²) in [5.41, 5.74) is -0.829. The van der Waals surface area contributed by atoms with Crippen LogP contribution in [0.15, 0.2) is 18.5 Å². The summed E-state index contributed by atoms with van der Waals surface area (Å²) in [5, 5.41) is 9.98. The first-order chi connectivity index (χ1) is 5.96. The third-order valence-electron chi connectivity index (χ3n) is 2.44. The summed E-state index contributed by atoms with van der Waals surface area (Å²) in [6.45, 7) is 5.30. The zero-order valence-electron chi connectivity index (χ0n) is 8.08. The van der Waals surface area contributed by atoms with Crippen LogP contribution in [0.5, 0.6) is 0 Å². The number of aliphatic hydroxyl groups is 1. The average molecular weight is 183 g/mol. The van der Waals surface area contributed by atoms with Gasteiger partial charge in [0, 0.05) is 11.8 Å². The van der Waals surface area contributed by atoms with Crippen LogP contribution in [-0.4, -0.2) is 10.1 Å². The van der Waals surface area contributed by atoms with Crippen molar-refractivity contribution in [2.45, 2.75) is 26.4 Å². The summed E-state index contributed by atoms with van der Waals surface area (Å²) in [6, 6.07) is 1.51. The van der Waals surface area contributed by atoms with Crippen molar-refractivity contribution < 1.29 is 9.50 Å². The van der Waals surface area contributed by atoms with Gasteiger partial charge >= 0.3 is 0 Å². The van der Waals surface area contributed by atoms with Crippen molar-refractivity contribution in [1.29, 1.82) is 0 Å². The second-order valence-corrected chi connectivity index (χ2v) is 3.66.